The van der Waals surface area contributed by atoms with Gasteiger partial charge in [-0.25, -0.2) is 8.42 Å². The zero-order valence-electron chi connectivity index (χ0n) is 14.1. The fourth-order valence-electron chi connectivity index (χ4n) is 2.81. The Kier molecular flexibility index (Phi) is 6.18. The van der Waals surface area contributed by atoms with Crippen LogP contribution in [0.1, 0.15) is 9.67 Å². The van der Waals surface area contributed by atoms with Gasteiger partial charge in [0.2, 0.25) is 10.0 Å². The minimum Gasteiger partial charge on any atom is -0.369 e. The molecule has 0 saturated carbocycles. The quantitative estimate of drug-likeness (QED) is 0.788. The van der Waals surface area contributed by atoms with Crippen molar-refractivity contribution in [2.45, 2.75) is 0 Å². The van der Waals surface area contributed by atoms with Crippen LogP contribution in [0.15, 0.2) is 41.8 Å². The van der Waals surface area contributed by atoms with Crippen LogP contribution in [0, 0.1) is 0 Å². The third-order valence-electron chi connectivity index (χ3n) is 4.20. The van der Waals surface area contributed by atoms with Gasteiger partial charge < -0.3 is 10.2 Å². The highest BCUT2D eigenvalue weighted by Crippen LogP contribution is 2.21. The molecule has 1 aliphatic rings. The topological polar surface area (TPSA) is 69.7 Å². The molecule has 6 nitrogen and oxygen atoms in total. The van der Waals surface area contributed by atoms with Gasteiger partial charge in [0.1, 0.15) is 0 Å². The van der Waals surface area contributed by atoms with Crippen LogP contribution in [0.5, 0.6) is 0 Å². The second-order valence-electron chi connectivity index (χ2n) is 5.92. The Morgan fingerprint density at radius 1 is 1.15 bits per heavy atom. The van der Waals surface area contributed by atoms with Gasteiger partial charge in [0, 0.05) is 43.4 Å². The maximum atomic E-state index is 12.5. The second kappa shape index (κ2) is 8.39. The van der Waals surface area contributed by atoms with E-state index in [1.807, 2.05) is 29.6 Å². The fraction of sp³-hybridized carbons (Fsp3) is 0.353. The number of rotatable bonds is 6. The normalized spacial score (nSPS) is 15.8. The molecule has 0 unspecified atom stereocenters. The first-order valence-corrected chi connectivity index (χ1v) is 11.1. The summed E-state index contributed by atoms with van der Waals surface area (Å²) in [6.45, 7) is 2.18. The van der Waals surface area contributed by atoms with Crippen molar-refractivity contribution in [3.05, 3.63) is 51.7 Å². The van der Waals surface area contributed by atoms with Crippen molar-refractivity contribution in [1.29, 1.82) is 0 Å². The van der Waals surface area contributed by atoms with Gasteiger partial charge in [0.25, 0.3) is 5.91 Å². The van der Waals surface area contributed by atoms with E-state index in [9.17, 15) is 13.2 Å². The number of hydrogen-bond acceptors (Lipinski definition) is 5. The summed E-state index contributed by atoms with van der Waals surface area (Å²) < 4.78 is 26.5. The third-order valence-corrected chi connectivity index (χ3v) is 7.17. The molecule has 1 saturated heterocycles. The van der Waals surface area contributed by atoms with Gasteiger partial charge >= 0.3 is 0 Å². The number of anilines is 1. The van der Waals surface area contributed by atoms with Gasteiger partial charge in [-0.1, -0.05) is 23.7 Å². The maximum absolute atomic E-state index is 12.5. The number of thiophene rings is 1. The maximum Gasteiger partial charge on any atom is 0.261 e. The molecule has 0 atom stereocenters. The SMILES string of the molecule is O=C(NCCS(=O)(=O)N1CCN(c2cccc(Cl)c2)CC1)c1cccs1. The highest BCUT2D eigenvalue weighted by Gasteiger charge is 2.27. The lowest BCUT2D eigenvalue weighted by molar-refractivity contribution is 0.0960. The van der Waals surface area contributed by atoms with Gasteiger partial charge in [-0.2, -0.15) is 4.31 Å². The lowest BCUT2D eigenvalue weighted by Crippen LogP contribution is -2.50. The molecule has 1 N–H and O–H groups in total. The summed E-state index contributed by atoms with van der Waals surface area (Å²) in [4.78, 5) is 14.6. The average molecular weight is 414 g/mol. The summed E-state index contributed by atoms with van der Waals surface area (Å²) in [6.07, 6.45) is 0. The molecule has 0 bridgehead atoms. The van der Waals surface area contributed by atoms with Crippen LogP contribution in [-0.2, 0) is 10.0 Å². The van der Waals surface area contributed by atoms with E-state index >= 15 is 0 Å². The van der Waals surface area contributed by atoms with Gasteiger partial charge in [0.05, 0.1) is 10.6 Å². The minimum absolute atomic E-state index is 0.0960. The van der Waals surface area contributed by atoms with E-state index in [4.69, 9.17) is 11.6 Å². The van der Waals surface area contributed by atoms with E-state index in [0.29, 0.717) is 36.1 Å². The Balaban J connectivity index is 1.49. The summed E-state index contributed by atoms with van der Waals surface area (Å²) >= 11 is 7.35. The summed E-state index contributed by atoms with van der Waals surface area (Å²) in [5, 5.41) is 5.14. The van der Waals surface area contributed by atoms with E-state index < -0.39 is 10.0 Å². The molecule has 1 aliphatic heterocycles. The second-order valence-corrected chi connectivity index (χ2v) is 9.39. The number of sulfonamides is 1. The molecule has 1 aromatic carbocycles. The summed E-state index contributed by atoms with van der Waals surface area (Å²) in [6, 6.07) is 11.1. The van der Waals surface area contributed by atoms with Crippen molar-refractivity contribution < 1.29 is 13.2 Å². The Labute approximate surface area is 162 Å². The molecule has 2 heterocycles. The lowest BCUT2D eigenvalue weighted by Gasteiger charge is -2.35. The molecular formula is C17H20ClN3O3S2. The Morgan fingerprint density at radius 3 is 2.58 bits per heavy atom. The Morgan fingerprint density at radius 2 is 1.92 bits per heavy atom. The van der Waals surface area contributed by atoms with Gasteiger partial charge in [0.15, 0.2) is 0 Å². The van der Waals surface area contributed by atoms with Crippen LogP contribution in [0.4, 0.5) is 5.69 Å². The number of nitrogens with one attached hydrogen (secondary N) is 1. The van der Waals surface area contributed by atoms with Crippen molar-refractivity contribution in [2.24, 2.45) is 0 Å². The molecule has 9 heteroatoms. The van der Waals surface area contributed by atoms with Crippen LogP contribution in [0.3, 0.4) is 0 Å². The molecule has 140 valence electrons. The highest BCUT2D eigenvalue weighted by molar-refractivity contribution is 7.89. The van der Waals surface area contributed by atoms with E-state index in [1.165, 1.54) is 15.6 Å². The van der Waals surface area contributed by atoms with Crippen molar-refractivity contribution >= 4 is 44.6 Å². The summed E-state index contributed by atoms with van der Waals surface area (Å²) in [5.41, 5.74) is 0.998. The van der Waals surface area contributed by atoms with Crippen LogP contribution >= 0.6 is 22.9 Å². The molecule has 26 heavy (non-hydrogen) atoms. The van der Waals surface area contributed by atoms with Crippen LogP contribution in [-0.4, -0.2) is 57.1 Å². The van der Waals surface area contributed by atoms with Crippen molar-refractivity contribution in [2.75, 3.05) is 43.4 Å². The molecule has 3 rings (SSSR count). The summed E-state index contributed by atoms with van der Waals surface area (Å²) in [5.74, 6) is -0.331. The van der Waals surface area contributed by atoms with Gasteiger partial charge in [-0.05, 0) is 29.6 Å². The smallest absolute Gasteiger partial charge is 0.261 e. The zero-order chi connectivity index (χ0) is 18.6. The number of carbonyl (C=O) groups excluding carboxylic acids is 1. The highest BCUT2D eigenvalue weighted by atomic mass is 35.5. The van der Waals surface area contributed by atoms with E-state index in [1.54, 1.807) is 12.1 Å². The number of amides is 1. The third kappa shape index (κ3) is 4.76. The molecule has 0 spiro atoms. The molecule has 0 radical (unpaired) electrons. The van der Waals surface area contributed by atoms with Crippen molar-refractivity contribution in [1.82, 2.24) is 9.62 Å². The first-order valence-electron chi connectivity index (χ1n) is 8.26. The lowest BCUT2D eigenvalue weighted by atomic mass is 10.2. The summed E-state index contributed by atoms with van der Waals surface area (Å²) in [7, 11) is -3.39. The van der Waals surface area contributed by atoms with Crippen molar-refractivity contribution in [3.8, 4) is 0 Å². The predicted molar refractivity (Wildman–Crippen MR) is 106 cm³/mol. The molecule has 1 aromatic heterocycles. The monoisotopic (exact) mass is 413 g/mol. The average Bonchev–Trinajstić information content (AvgIpc) is 3.16. The Hall–Kier alpha value is -1.61. The van der Waals surface area contributed by atoms with Crippen LogP contribution < -0.4 is 10.2 Å². The van der Waals surface area contributed by atoms with E-state index in [2.05, 4.69) is 10.2 Å². The molecule has 1 amide bonds. The largest absolute Gasteiger partial charge is 0.369 e. The number of halogens is 1. The molecule has 0 aliphatic carbocycles. The fourth-order valence-corrected chi connectivity index (χ4v) is 4.98. The number of benzene rings is 1. The minimum atomic E-state index is -3.39. The van der Waals surface area contributed by atoms with Crippen LogP contribution in [0.2, 0.25) is 5.02 Å². The van der Waals surface area contributed by atoms with Crippen molar-refractivity contribution in [3.63, 3.8) is 0 Å². The molecular weight excluding hydrogens is 394 g/mol. The van der Waals surface area contributed by atoms with E-state index in [-0.39, 0.29) is 18.2 Å². The first kappa shape index (κ1) is 19.2. The van der Waals surface area contributed by atoms with Crippen LogP contribution in [0.25, 0.3) is 0 Å². The van der Waals surface area contributed by atoms with E-state index in [0.717, 1.165) is 5.69 Å². The molecule has 2 aromatic rings. The number of hydrogen-bond donors (Lipinski definition) is 1. The number of carbonyl (C=O) groups is 1. The predicted octanol–water partition coefficient (Wildman–Crippen LogP) is 2.28. The Bertz CT molecular complexity index is 848. The molecule has 1 fully saturated rings. The number of piperazine rings is 1. The standard InChI is InChI=1S/C17H20ClN3O3S2/c18-14-3-1-4-15(13-14)20-7-9-21(10-8-20)26(23,24)12-6-19-17(22)16-5-2-11-25-16/h1-5,11,13H,6-10,12H2,(H,19,22). The van der Waals surface area contributed by atoms with Gasteiger partial charge in [-0.15, -0.1) is 11.3 Å². The first-order chi connectivity index (χ1) is 12.5. The number of nitrogens with zero attached hydrogens (tertiary/aromatic N) is 2. The van der Waals surface area contributed by atoms with Gasteiger partial charge in [-0.3, -0.25) is 4.79 Å². The zero-order valence-corrected chi connectivity index (χ0v) is 16.5.